The normalized spacial score (nSPS) is 19.4. The number of hydrogen-bond acceptors (Lipinski definition) is 6. The van der Waals surface area contributed by atoms with E-state index in [-0.39, 0.29) is 24.2 Å². The van der Waals surface area contributed by atoms with Crippen LogP contribution in [0, 0.1) is 5.82 Å². The summed E-state index contributed by atoms with van der Waals surface area (Å²) in [4.78, 5) is 52.8. The molecule has 0 bridgehead atoms. The van der Waals surface area contributed by atoms with E-state index in [1.54, 1.807) is 0 Å². The Morgan fingerprint density at radius 2 is 1.87 bits per heavy atom. The SMILES string of the molecule is COCC(=O)Nc1ccc2c(c1)CC(=O)[C@]21OCN(CC(=O)N(Cc2ccc(F)cc2)[C@@H](C)C(F)(F)F)C1=O. The Morgan fingerprint density at radius 3 is 2.51 bits per heavy atom. The van der Waals surface area contributed by atoms with Crippen LogP contribution in [0.1, 0.15) is 23.6 Å². The molecule has 3 amide bonds. The number of carbonyl (C=O) groups excluding carboxylic acids is 4. The maximum Gasteiger partial charge on any atom is 0.408 e. The third-order valence-corrected chi connectivity index (χ3v) is 6.67. The molecule has 2 aromatic rings. The van der Waals surface area contributed by atoms with Crippen LogP contribution in [0.25, 0.3) is 0 Å². The molecule has 2 atom stereocenters. The zero-order valence-corrected chi connectivity index (χ0v) is 21.0. The van der Waals surface area contributed by atoms with Crippen molar-refractivity contribution in [2.45, 2.75) is 37.7 Å². The number of carbonyl (C=O) groups is 4. The van der Waals surface area contributed by atoms with Crippen LogP contribution in [0.4, 0.5) is 23.2 Å². The minimum absolute atomic E-state index is 0.182. The number of alkyl halides is 3. The zero-order valence-electron chi connectivity index (χ0n) is 21.0. The second-order valence-corrected chi connectivity index (χ2v) is 9.28. The van der Waals surface area contributed by atoms with E-state index in [0.29, 0.717) is 16.2 Å². The van der Waals surface area contributed by atoms with Gasteiger partial charge >= 0.3 is 6.18 Å². The van der Waals surface area contributed by atoms with E-state index in [2.05, 4.69) is 5.32 Å². The highest BCUT2D eigenvalue weighted by molar-refractivity contribution is 6.15. The van der Waals surface area contributed by atoms with Crippen molar-refractivity contribution < 1.29 is 46.2 Å². The number of anilines is 1. The number of methoxy groups -OCH3 is 1. The number of Topliss-reactive ketones (excluding diaryl/α,β-unsaturated/α-hetero) is 1. The number of ketones is 1. The van der Waals surface area contributed by atoms with E-state index in [1.807, 2.05) is 0 Å². The standard InChI is InChI=1S/C26H25F4N3O6/c1-15(26(28,29)30)33(11-16-3-5-18(27)6-4-16)23(36)12-32-14-39-25(24(32)37)20-8-7-19(31-22(35)13-38-2)9-17(20)10-21(25)34/h3-9,15H,10-14H2,1-2H3,(H,31,35)/t15-,25+/m0/s1. The molecule has 1 aliphatic heterocycles. The first-order valence-corrected chi connectivity index (χ1v) is 11.9. The van der Waals surface area contributed by atoms with Crippen LogP contribution in [0.15, 0.2) is 42.5 Å². The van der Waals surface area contributed by atoms with E-state index in [9.17, 15) is 36.7 Å². The smallest absolute Gasteiger partial charge is 0.375 e. The van der Waals surface area contributed by atoms with Crippen molar-refractivity contribution >= 4 is 29.2 Å². The second-order valence-electron chi connectivity index (χ2n) is 9.28. The van der Waals surface area contributed by atoms with Crippen molar-refractivity contribution in [1.29, 1.82) is 0 Å². The van der Waals surface area contributed by atoms with Crippen molar-refractivity contribution in [2.75, 3.05) is 32.3 Å². The number of halogens is 4. The highest BCUT2D eigenvalue weighted by atomic mass is 19.4. The molecular formula is C26H25F4N3O6. The van der Waals surface area contributed by atoms with E-state index >= 15 is 0 Å². The van der Waals surface area contributed by atoms with Crippen LogP contribution in [-0.2, 0) is 47.2 Å². The number of hydrogen-bond donors (Lipinski definition) is 1. The van der Waals surface area contributed by atoms with Gasteiger partial charge < -0.3 is 24.6 Å². The fourth-order valence-corrected chi connectivity index (χ4v) is 4.62. The second kappa shape index (κ2) is 10.7. The molecule has 208 valence electrons. The molecule has 2 aromatic carbocycles. The number of rotatable bonds is 8. The van der Waals surface area contributed by atoms with E-state index in [0.717, 1.165) is 24.0 Å². The fraction of sp³-hybridized carbons (Fsp3) is 0.385. The molecule has 1 N–H and O–H groups in total. The van der Waals surface area contributed by atoms with Crippen molar-refractivity contribution in [2.24, 2.45) is 0 Å². The third-order valence-electron chi connectivity index (χ3n) is 6.67. The third kappa shape index (κ3) is 5.50. The summed E-state index contributed by atoms with van der Waals surface area (Å²) in [5.41, 5.74) is -0.725. The summed E-state index contributed by atoms with van der Waals surface area (Å²) >= 11 is 0. The largest absolute Gasteiger partial charge is 0.408 e. The Balaban J connectivity index is 1.54. The van der Waals surface area contributed by atoms with Crippen molar-refractivity contribution in [1.82, 2.24) is 9.80 Å². The van der Waals surface area contributed by atoms with Crippen LogP contribution in [0.5, 0.6) is 0 Å². The molecule has 1 saturated heterocycles. The molecule has 9 nitrogen and oxygen atoms in total. The van der Waals surface area contributed by atoms with E-state index in [1.165, 1.54) is 37.4 Å². The lowest BCUT2D eigenvalue weighted by Gasteiger charge is -2.32. The van der Waals surface area contributed by atoms with Crippen LogP contribution < -0.4 is 5.32 Å². The molecule has 4 rings (SSSR count). The van der Waals surface area contributed by atoms with Gasteiger partial charge in [0.15, 0.2) is 5.78 Å². The van der Waals surface area contributed by atoms with Gasteiger partial charge in [0.25, 0.3) is 5.91 Å². The van der Waals surface area contributed by atoms with Gasteiger partial charge in [-0.3, -0.25) is 19.2 Å². The molecule has 2 aliphatic rings. The van der Waals surface area contributed by atoms with Gasteiger partial charge in [0.05, 0.1) is 0 Å². The van der Waals surface area contributed by atoms with Crippen LogP contribution >= 0.6 is 0 Å². The molecule has 1 spiro atoms. The van der Waals surface area contributed by atoms with Gasteiger partial charge in [-0.25, -0.2) is 4.39 Å². The Morgan fingerprint density at radius 1 is 1.18 bits per heavy atom. The molecule has 0 saturated carbocycles. The highest BCUT2D eigenvalue weighted by Gasteiger charge is 2.59. The van der Waals surface area contributed by atoms with Crippen LogP contribution in [0.2, 0.25) is 0 Å². The number of nitrogens with one attached hydrogen (secondary N) is 1. The monoisotopic (exact) mass is 551 g/mol. The van der Waals surface area contributed by atoms with Gasteiger partial charge in [-0.05, 0) is 42.3 Å². The van der Waals surface area contributed by atoms with Gasteiger partial charge in [0, 0.05) is 31.3 Å². The lowest BCUT2D eigenvalue weighted by molar-refractivity contribution is -0.187. The summed E-state index contributed by atoms with van der Waals surface area (Å²) in [7, 11) is 1.36. The summed E-state index contributed by atoms with van der Waals surface area (Å²) in [5.74, 6) is -3.49. The van der Waals surface area contributed by atoms with Crippen molar-refractivity contribution in [3.8, 4) is 0 Å². The molecule has 1 fully saturated rings. The van der Waals surface area contributed by atoms with Gasteiger partial charge in [0.1, 0.15) is 31.7 Å². The first-order chi connectivity index (χ1) is 18.4. The van der Waals surface area contributed by atoms with Gasteiger partial charge in [-0.2, -0.15) is 13.2 Å². The van der Waals surface area contributed by atoms with E-state index in [4.69, 9.17) is 9.47 Å². The summed E-state index contributed by atoms with van der Waals surface area (Å²) in [5, 5.41) is 2.60. The lowest BCUT2D eigenvalue weighted by Crippen LogP contribution is -2.51. The van der Waals surface area contributed by atoms with Gasteiger partial charge in [0.2, 0.25) is 17.4 Å². The first-order valence-electron chi connectivity index (χ1n) is 11.9. The summed E-state index contributed by atoms with van der Waals surface area (Å²) in [6.07, 6.45) is -4.95. The number of ether oxygens (including phenoxy) is 2. The van der Waals surface area contributed by atoms with Gasteiger partial charge in [-0.1, -0.05) is 18.2 Å². The average molecular weight is 551 g/mol. The zero-order chi connectivity index (χ0) is 28.5. The average Bonchev–Trinajstić information content (AvgIpc) is 3.34. The first kappa shape index (κ1) is 28.2. The summed E-state index contributed by atoms with van der Waals surface area (Å²) < 4.78 is 64.5. The molecule has 0 unspecified atom stereocenters. The Bertz CT molecular complexity index is 1300. The highest BCUT2D eigenvalue weighted by Crippen LogP contribution is 2.43. The van der Waals surface area contributed by atoms with Crippen molar-refractivity contribution in [3.05, 3.63) is 65.0 Å². The number of nitrogens with zero attached hydrogens (tertiary/aromatic N) is 2. The maximum absolute atomic E-state index is 13.6. The number of fused-ring (bicyclic) bond motifs is 2. The topological polar surface area (TPSA) is 105 Å². The van der Waals surface area contributed by atoms with Crippen LogP contribution in [-0.4, -0.2) is 72.5 Å². The summed E-state index contributed by atoms with van der Waals surface area (Å²) in [6, 6.07) is 6.91. The Kier molecular flexibility index (Phi) is 7.75. The molecular weight excluding hydrogens is 526 g/mol. The predicted octanol–water partition coefficient (Wildman–Crippen LogP) is 2.53. The lowest BCUT2D eigenvalue weighted by atomic mass is 9.94. The minimum Gasteiger partial charge on any atom is -0.375 e. The quantitative estimate of drug-likeness (QED) is 0.400. The molecule has 1 aliphatic carbocycles. The Hall–Kier alpha value is -3.84. The molecule has 0 radical (unpaired) electrons. The van der Waals surface area contributed by atoms with Gasteiger partial charge in [-0.15, -0.1) is 0 Å². The summed E-state index contributed by atoms with van der Waals surface area (Å²) in [6.45, 7) is -1.11. The maximum atomic E-state index is 13.6. The molecule has 13 heteroatoms. The minimum atomic E-state index is -4.76. The number of benzene rings is 2. The van der Waals surface area contributed by atoms with Crippen LogP contribution in [0.3, 0.4) is 0 Å². The molecule has 1 heterocycles. The number of amides is 3. The fourth-order valence-electron chi connectivity index (χ4n) is 4.62. The molecule has 0 aromatic heterocycles. The molecule has 39 heavy (non-hydrogen) atoms. The van der Waals surface area contributed by atoms with Crippen molar-refractivity contribution in [3.63, 3.8) is 0 Å². The van der Waals surface area contributed by atoms with E-state index < -0.39 is 67.0 Å². The Labute approximate surface area is 220 Å². The predicted molar refractivity (Wildman–Crippen MR) is 127 cm³/mol.